The van der Waals surface area contributed by atoms with Crippen LogP contribution in [0.3, 0.4) is 0 Å². The summed E-state index contributed by atoms with van der Waals surface area (Å²) in [4.78, 5) is 16.4. The van der Waals surface area contributed by atoms with E-state index in [9.17, 15) is 9.18 Å². The number of aromatic nitrogens is 1. The second kappa shape index (κ2) is 7.63. The number of halogens is 1. The Morgan fingerprint density at radius 2 is 1.93 bits per heavy atom. The van der Waals surface area contributed by atoms with Gasteiger partial charge in [-0.05, 0) is 42.5 Å². The fourth-order valence-electron chi connectivity index (χ4n) is 2.50. The van der Waals surface area contributed by atoms with Crippen LogP contribution in [0.15, 0.2) is 47.8 Å². The summed E-state index contributed by atoms with van der Waals surface area (Å²) in [6.07, 6.45) is 0. The minimum atomic E-state index is -0.360. The topological polar surface area (TPSA) is 69.7 Å². The first-order chi connectivity index (χ1) is 13.2. The molecule has 0 atom stereocenters. The maximum Gasteiger partial charge on any atom is 0.264 e. The first-order valence-electron chi connectivity index (χ1n) is 8.21. The van der Waals surface area contributed by atoms with E-state index in [2.05, 4.69) is 10.3 Å². The van der Waals surface area contributed by atoms with Crippen molar-refractivity contribution in [2.75, 3.05) is 25.1 Å². The number of hydrogen-bond donors (Lipinski definition) is 1. The number of amides is 1. The lowest BCUT2D eigenvalue weighted by atomic mass is 10.1. The first-order valence-corrected chi connectivity index (χ1v) is 9.09. The third-order valence-electron chi connectivity index (χ3n) is 3.77. The molecule has 4 rings (SSSR count). The van der Waals surface area contributed by atoms with E-state index in [0.717, 1.165) is 11.3 Å². The third kappa shape index (κ3) is 4.17. The van der Waals surface area contributed by atoms with Crippen LogP contribution >= 0.6 is 11.3 Å². The van der Waals surface area contributed by atoms with Gasteiger partial charge in [-0.2, -0.15) is 0 Å². The van der Waals surface area contributed by atoms with Gasteiger partial charge in [-0.25, -0.2) is 9.37 Å². The molecule has 0 spiro atoms. The van der Waals surface area contributed by atoms with Crippen molar-refractivity contribution >= 4 is 22.4 Å². The first kappa shape index (κ1) is 17.3. The molecule has 0 saturated heterocycles. The standard InChI is InChI=1S/C19H15FN2O4S/c20-13-2-4-14(5-3-13)26-10-18(23)22-19-21-15(11-27-19)12-1-6-16-17(9-12)25-8-7-24-16/h1-6,9,11H,7-8,10H2,(H,21,22,23). The van der Waals surface area contributed by atoms with E-state index in [-0.39, 0.29) is 18.3 Å². The van der Waals surface area contributed by atoms with Crippen LogP contribution in [-0.4, -0.2) is 30.7 Å². The average molecular weight is 386 g/mol. The van der Waals surface area contributed by atoms with Crippen LogP contribution in [0.1, 0.15) is 0 Å². The van der Waals surface area contributed by atoms with Crippen LogP contribution < -0.4 is 19.5 Å². The summed E-state index contributed by atoms with van der Waals surface area (Å²) < 4.78 is 29.3. The molecule has 1 N–H and O–H groups in total. The molecule has 138 valence electrons. The summed E-state index contributed by atoms with van der Waals surface area (Å²) in [7, 11) is 0. The molecule has 0 fully saturated rings. The normalized spacial score (nSPS) is 12.5. The molecule has 0 aliphatic carbocycles. The van der Waals surface area contributed by atoms with Gasteiger partial charge in [0.2, 0.25) is 0 Å². The van der Waals surface area contributed by atoms with Crippen molar-refractivity contribution in [3.05, 3.63) is 53.7 Å². The molecule has 0 saturated carbocycles. The minimum Gasteiger partial charge on any atom is -0.486 e. The van der Waals surface area contributed by atoms with Crippen molar-refractivity contribution < 1.29 is 23.4 Å². The molecule has 27 heavy (non-hydrogen) atoms. The lowest BCUT2D eigenvalue weighted by molar-refractivity contribution is -0.118. The molecule has 8 heteroatoms. The molecule has 1 aromatic heterocycles. The van der Waals surface area contributed by atoms with Gasteiger partial charge in [0, 0.05) is 10.9 Å². The van der Waals surface area contributed by atoms with Crippen molar-refractivity contribution in [1.82, 2.24) is 4.98 Å². The molecule has 3 aromatic rings. The Morgan fingerprint density at radius 1 is 1.15 bits per heavy atom. The quantitative estimate of drug-likeness (QED) is 0.723. The van der Waals surface area contributed by atoms with Gasteiger partial charge in [0.25, 0.3) is 5.91 Å². The zero-order valence-corrected chi connectivity index (χ0v) is 14.9. The van der Waals surface area contributed by atoms with Gasteiger partial charge in [0.1, 0.15) is 24.8 Å². The van der Waals surface area contributed by atoms with Crippen LogP contribution in [0, 0.1) is 5.82 Å². The Hall–Kier alpha value is -3.13. The van der Waals surface area contributed by atoms with Crippen molar-refractivity contribution in [1.29, 1.82) is 0 Å². The summed E-state index contributed by atoms with van der Waals surface area (Å²) in [5.74, 6) is 1.11. The smallest absolute Gasteiger partial charge is 0.264 e. The molecular weight excluding hydrogens is 371 g/mol. The molecule has 6 nitrogen and oxygen atoms in total. The fraction of sp³-hybridized carbons (Fsp3) is 0.158. The van der Waals surface area contributed by atoms with Crippen molar-refractivity contribution in [2.45, 2.75) is 0 Å². The van der Waals surface area contributed by atoms with Crippen molar-refractivity contribution in [2.24, 2.45) is 0 Å². The number of ether oxygens (including phenoxy) is 3. The second-order valence-electron chi connectivity index (χ2n) is 5.69. The van der Waals surface area contributed by atoms with Crippen molar-refractivity contribution in [3.63, 3.8) is 0 Å². The van der Waals surface area contributed by atoms with Gasteiger partial charge in [-0.3, -0.25) is 10.1 Å². The number of nitrogens with zero attached hydrogens (tertiary/aromatic N) is 1. The van der Waals surface area contributed by atoms with Crippen LogP contribution in [-0.2, 0) is 4.79 Å². The Bertz CT molecular complexity index is 959. The molecule has 0 bridgehead atoms. The highest BCUT2D eigenvalue weighted by atomic mass is 32.1. The highest BCUT2D eigenvalue weighted by Gasteiger charge is 2.14. The average Bonchev–Trinajstić information content (AvgIpc) is 3.15. The Labute approximate surface area is 158 Å². The molecule has 1 aliphatic rings. The lowest BCUT2D eigenvalue weighted by Crippen LogP contribution is -2.20. The van der Waals surface area contributed by atoms with E-state index in [1.807, 2.05) is 23.6 Å². The Balaban J connectivity index is 1.37. The predicted octanol–water partition coefficient (Wildman–Crippen LogP) is 3.74. The number of benzene rings is 2. The number of hydrogen-bond acceptors (Lipinski definition) is 6. The summed E-state index contributed by atoms with van der Waals surface area (Å²) in [5, 5.41) is 5.00. The van der Waals surface area contributed by atoms with E-state index in [1.54, 1.807) is 0 Å². The summed E-state index contributed by atoms with van der Waals surface area (Å²) in [6.45, 7) is 0.868. The molecule has 2 heterocycles. The number of anilines is 1. The van der Waals surface area contributed by atoms with E-state index >= 15 is 0 Å². The van der Waals surface area contributed by atoms with Crippen molar-refractivity contribution in [3.8, 4) is 28.5 Å². The third-order valence-corrected chi connectivity index (χ3v) is 4.53. The van der Waals surface area contributed by atoms with Gasteiger partial charge in [0.15, 0.2) is 23.2 Å². The number of carbonyl (C=O) groups is 1. The number of nitrogens with one attached hydrogen (secondary N) is 1. The zero-order valence-electron chi connectivity index (χ0n) is 14.1. The minimum absolute atomic E-state index is 0.190. The molecule has 0 radical (unpaired) electrons. The second-order valence-corrected chi connectivity index (χ2v) is 6.55. The lowest BCUT2D eigenvalue weighted by Gasteiger charge is -2.18. The number of fused-ring (bicyclic) bond motifs is 1. The van der Waals surface area contributed by atoms with Crippen LogP contribution in [0.5, 0.6) is 17.2 Å². The summed E-state index contributed by atoms with van der Waals surface area (Å²) in [5.41, 5.74) is 1.60. The Morgan fingerprint density at radius 3 is 2.74 bits per heavy atom. The fourth-order valence-corrected chi connectivity index (χ4v) is 3.24. The van der Waals surface area contributed by atoms with E-state index < -0.39 is 0 Å². The predicted molar refractivity (Wildman–Crippen MR) is 99.1 cm³/mol. The van der Waals surface area contributed by atoms with Gasteiger partial charge < -0.3 is 14.2 Å². The Kier molecular flexibility index (Phi) is 4.88. The van der Waals surface area contributed by atoms with Crippen LogP contribution in [0.4, 0.5) is 9.52 Å². The summed E-state index contributed by atoms with van der Waals surface area (Å²) in [6, 6.07) is 11.1. The molecule has 0 unspecified atom stereocenters. The maximum absolute atomic E-state index is 12.9. The number of thiazole rings is 1. The maximum atomic E-state index is 12.9. The SMILES string of the molecule is O=C(COc1ccc(F)cc1)Nc1nc(-c2ccc3c(c2)OCCO3)cs1. The van der Waals surface area contributed by atoms with Gasteiger partial charge in [-0.15, -0.1) is 11.3 Å². The van der Waals surface area contributed by atoms with E-state index in [1.165, 1.54) is 35.6 Å². The molecule has 1 aliphatic heterocycles. The molecule has 1 amide bonds. The zero-order chi connectivity index (χ0) is 18.6. The molecular formula is C19H15FN2O4S. The molecule has 2 aromatic carbocycles. The van der Waals surface area contributed by atoms with Gasteiger partial charge >= 0.3 is 0 Å². The highest BCUT2D eigenvalue weighted by Crippen LogP contribution is 2.35. The number of rotatable bonds is 5. The van der Waals surface area contributed by atoms with Crippen LogP contribution in [0.25, 0.3) is 11.3 Å². The van der Waals surface area contributed by atoms with Gasteiger partial charge in [0.05, 0.1) is 5.69 Å². The largest absolute Gasteiger partial charge is 0.486 e. The van der Waals surface area contributed by atoms with E-state index in [4.69, 9.17) is 14.2 Å². The van der Waals surface area contributed by atoms with Crippen LogP contribution in [0.2, 0.25) is 0 Å². The monoisotopic (exact) mass is 386 g/mol. The summed E-state index contributed by atoms with van der Waals surface area (Å²) >= 11 is 1.31. The number of carbonyl (C=O) groups excluding carboxylic acids is 1. The van der Waals surface area contributed by atoms with Gasteiger partial charge in [-0.1, -0.05) is 0 Å². The van der Waals surface area contributed by atoms with E-state index in [0.29, 0.717) is 35.6 Å². The highest BCUT2D eigenvalue weighted by molar-refractivity contribution is 7.14.